The second-order valence-corrected chi connectivity index (χ2v) is 6.69. The van der Waals surface area contributed by atoms with E-state index in [-0.39, 0.29) is 11.8 Å². The molecule has 136 valence electrons. The summed E-state index contributed by atoms with van der Waals surface area (Å²) in [7, 11) is 1.56. The van der Waals surface area contributed by atoms with Gasteiger partial charge in [0.2, 0.25) is 5.91 Å². The zero-order valence-electron chi connectivity index (χ0n) is 15.3. The Balaban J connectivity index is 1.71. The average Bonchev–Trinajstić information content (AvgIpc) is 3.06. The summed E-state index contributed by atoms with van der Waals surface area (Å²) >= 11 is 0. The first-order valence-electron chi connectivity index (χ1n) is 8.69. The molecule has 2 heterocycles. The molecule has 7 heteroatoms. The summed E-state index contributed by atoms with van der Waals surface area (Å²) in [4.78, 5) is 28.3. The van der Waals surface area contributed by atoms with Gasteiger partial charge in [0.15, 0.2) is 0 Å². The van der Waals surface area contributed by atoms with Gasteiger partial charge in [0.1, 0.15) is 11.5 Å². The fourth-order valence-corrected chi connectivity index (χ4v) is 2.94. The van der Waals surface area contributed by atoms with Crippen LogP contribution in [0.25, 0.3) is 0 Å². The Kier molecular flexibility index (Phi) is 5.16. The molecule has 0 bridgehead atoms. The summed E-state index contributed by atoms with van der Waals surface area (Å²) in [6.07, 6.45) is 4.44. The third kappa shape index (κ3) is 3.99. The van der Waals surface area contributed by atoms with Gasteiger partial charge < -0.3 is 9.88 Å². The first-order chi connectivity index (χ1) is 12.4. The predicted octanol–water partition coefficient (Wildman–Crippen LogP) is 2.60. The fraction of sp³-hybridized carbons (Fsp3) is 0.368. The predicted molar refractivity (Wildman–Crippen MR) is 99.9 cm³/mol. The number of amides is 2. The molecule has 1 aromatic carbocycles. The van der Waals surface area contributed by atoms with E-state index in [4.69, 9.17) is 0 Å². The molecule has 1 aliphatic rings. The lowest BCUT2D eigenvalue weighted by molar-refractivity contribution is -0.130. The molecular weight excluding hydrogens is 330 g/mol. The van der Waals surface area contributed by atoms with Gasteiger partial charge in [0, 0.05) is 50.4 Å². The van der Waals surface area contributed by atoms with E-state index in [1.807, 2.05) is 30.5 Å². The molecule has 7 nitrogen and oxygen atoms in total. The highest BCUT2D eigenvalue weighted by molar-refractivity contribution is 6.43. The average molecular weight is 353 g/mol. The Bertz CT molecular complexity index is 853. The minimum atomic E-state index is -0.271. The highest BCUT2D eigenvalue weighted by atomic mass is 16.2. The highest BCUT2D eigenvalue weighted by Crippen LogP contribution is 2.17. The fourth-order valence-electron chi connectivity index (χ4n) is 2.94. The Morgan fingerprint density at radius 2 is 2.12 bits per heavy atom. The van der Waals surface area contributed by atoms with Crippen LogP contribution in [0.2, 0.25) is 0 Å². The summed E-state index contributed by atoms with van der Waals surface area (Å²) in [6, 6.07) is 7.72. The quantitative estimate of drug-likeness (QED) is 0.897. The molecule has 0 aliphatic carbocycles. The Morgan fingerprint density at radius 1 is 1.31 bits per heavy atom. The van der Waals surface area contributed by atoms with Crippen LogP contribution >= 0.6 is 0 Å². The van der Waals surface area contributed by atoms with Gasteiger partial charge in [-0.25, -0.2) is 9.99 Å². The number of imidazole rings is 1. The number of nitrogens with zero attached hydrogens (tertiary/aromatic N) is 4. The molecule has 0 saturated carbocycles. The van der Waals surface area contributed by atoms with Crippen molar-refractivity contribution in [2.24, 2.45) is 5.10 Å². The maximum absolute atomic E-state index is 12.4. The summed E-state index contributed by atoms with van der Waals surface area (Å²) in [6.45, 7) is 4.92. The monoisotopic (exact) mass is 353 g/mol. The van der Waals surface area contributed by atoms with E-state index in [0.717, 1.165) is 11.4 Å². The maximum atomic E-state index is 12.4. The zero-order chi connectivity index (χ0) is 18.7. The van der Waals surface area contributed by atoms with Crippen molar-refractivity contribution >= 4 is 23.2 Å². The Hall–Kier alpha value is -2.96. The molecule has 0 saturated heterocycles. The summed E-state index contributed by atoms with van der Waals surface area (Å²) < 4.78 is 2.11. The summed E-state index contributed by atoms with van der Waals surface area (Å²) in [5.74, 6) is 1.03. The van der Waals surface area contributed by atoms with Crippen LogP contribution in [0.4, 0.5) is 5.69 Å². The van der Waals surface area contributed by atoms with Gasteiger partial charge in [-0.1, -0.05) is 26.0 Å². The van der Waals surface area contributed by atoms with Gasteiger partial charge in [-0.05, 0) is 17.7 Å². The van der Waals surface area contributed by atoms with E-state index in [9.17, 15) is 9.59 Å². The maximum Gasteiger partial charge on any atom is 0.271 e. The molecular formula is C19H23N5O2. The standard InChI is InChI=1S/C19H23N5O2/c1-13(2)18-20-9-10-24(18)12-14-5-4-6-15(11-14)21-19(26)16-7-8-17(25)23(3)22-16/h4-6,9-11,13H,7-8,12H2,1-3H3,(H,21,26). The molecule has 0 fully saturated rings. The van der Waals surface area contributed by atoms with E-state index in [0.29, 0.717) is 36.7 Å². The van der Waals surface area contributed by atoms with E-state index >= 15 is 0 Å². The minimum Gasteiger partial charge on any atom is -0.330 e. The lowest BCUT2D eigenvalue weighted by Crippen LogP contribution is -2.34. The minimum absolute atomic E-state index is 0.0789. The number of hydrogen-bond donors (Lipinski definition) is 1. The van der Waals surface area contributed by atoms with E-state index < -0.39 is 0 Å². The van der Waals surface area contributed by atoms with Crippen LogP contribution in [0.1, 0.15) is 44.0 Å². The third-order valence-corrected chi connectivity index (χ3v) is 4.27. The normalized spacial score (nSPS) is 14.5. The molecule has 2 aromatic rings. The number of carbonyl (C=O) groups excluding carboxylic acids is 2. The molecule has 0 spiro atoms. The SMILES string of the molecule is CC(C)c1nccn1Cc1cccc(NC(=O)C2=NN(C)C(=O)CC2)c1. The number of benzene rings is 1. The highest BCUT2D eigenvalue weighted by Gasteiger charge is 2.22. The second kappa shape index (κ2) is 7.51. The van der Waals surface area contributed by atoms with Gasteiger partial charge in [-0.3, -0.25) is 9.59 Å². The van der Waals surface area contributed by atoms with Crippen LogP contribution < -0.4 is 5.32 Å². The van der Waals surface area contributed by atoms with Crippen LogP contribution in [-0.2, 0) is 16.1 Å². The number of hydrogen-bond acceptors (Lipinski definition) is 4. The van der Waals surface area contributed by atoms with Crippen LogP contribution in [0.3, 0.4) is 0 Å². The number of rotatable bonds is 5. The van der Waals surface area contributed by atoms with Crippen molar-refractivity contribution in [2.45, 2.75) is 39.2 Å². The second-order valence-electron chi connectivity index (χ2n) is 6.69. The lowest BCUT2D eigenvalue weighted by atomic mass is 10.1. The van der Waals surface area contributed by atoms with Gasteiger partial charge >= 0.3 is 0 Å². The molecule has 1 aromatic heterocycles. The van der Waals surface area contributed by atoms with Crippen molar-refractivity contribution < 1.29 is 9.59 Å². The number of aromatic nitrogens is 2. The summed E-state index contributed by atoms with van der Waals surface area (Å²) in [5.41, 5.74) is 2.15. The molecule has 3 rings (SSSR count). The molecule has 1 N–H and O–H groups in total. The first-order valence-corrected chi connectivity index (χ1v) is 8.69. The van der Waals surface area contributed by atoms with E-state index in [2.05, 4.69) is 33.8 Å². The molecule has 26 heavy (non-hydrogen) atoms. The molecule has 2 amide bonds. The van der Waals surface area contributed by atoms with Crippen LogP contribution in [0.5, 0.6) is 0 Å². The van der Waals surface area contributed by atoms with E-state index in [1.54, 1.807) is 13.2 Å². The van der Waals surface area contributed by atoms with Crippen molar-refractivity contribution in [3.63, 3.8) is 0 Å². The molecule has 0 unspecified atom stereocenters. The van der Waals surface area contributed by atoms with Crippen LogP contribution in [0, 0.1) is 0 Å². The van der Waals surface area contributed by atoms with Gasteiger partial charge in [-0.15, -0.1) is 0 Å². The molecule has 1 aliphatic heterocycles. The number of hydrazone groups is 1. The van der Waals surface area contributed by atoms with Crippen molar-refractivity contribution in [3.8, 4) is 0 Å². The van der Waals surface area contributed by atoms with Crippen molar-refractivity contribution in [3.05, 3.63) is 48.0 Å². The Morgan fingerprint density at radius 3 is 2.85 bits per heavy atom. The van der Waals surface area contributed by atoms with E-state index in [1.165, 1.54) is 5.01 Å². The topological polar surface area (TPSA) is 79.6 Å². The van der Waals surface area contributed by atoms with Gasteiger partial charge in [0.05, 0.1) is 0 Å². The van der Waals surface area contributed by atoms with Gasteiger partial charge in [-0.2, -0.15) is 5.10 Å². The number of anilines is 1. The third-order valence-electron chi connectivity index (χ3n) is 4.27. The van der Waals surface area contributed by atoms with Crippen molar-refractivity contribution in [2.75, 3.05) is 12.4 Å². The number of nitrogens with one attached hydrogen (secondary N) is 1. The smallest absolute Gasteiger partial charge is 0.271 e. The van der Waals surface area contributed by atoms with Crippen LogP contribution in [-0.4, -0.2) is 39.1 Å². The molecule has 0 radical (unpaired) electrons. The lowest BCUT2D eigenvalue weighted by Gasteiger charge is -2.19. The van der Waals surface area contributed by atoms with Crippen LogP contribution in [0.15, 0.2) is 41.8 Å². The van der Waals surface area contributed by atoms with Crippen molar-refractivity contribution in [1.82, 2.24) is 14.6 Å². The summed E-state index contributed by atoms with van der Waals surface area (Å²) in [5, 5.41) is 8.14. The number of carbonyl (C=O) groups is 2. The first kappa shape index (κ1) is 17.8. The largest absolute Gasteiger partial charge is 0.330 e. The Labute approximate surface area is 152 Å². The zero-order valence-corrected chi connectivity index (χ0v) is 15.3. The van der Waals surface area contributed by atoms with Crippen molar-refractivity contribution in [1.29, 1.82) is 0 Å². The molecule has 0 atom stereocenters. The van der Waals surface area contributed by atoms with Gasteiger partial charge in [0.25, 0.3) is 5.91 Å².